The van der Waals surface area contributed by atoms with Gasteiger partial charge in [-0.2, -0.15) is 13.2 Å². The Morgan fingerprint density at radius 1 is 1.13 bits per heavy atom. The fourth-order valence-electron chi connectivity index (χ4n) is 4.04. The van der Waals surface area contributed by atoms with Crippen molar-refractivity contribution < 1.29 is 32.5 Å². The Labute approximate surface area is 173 Å². The summed E-state index contributed by atoms with van der Waals surface area (Å²) in [6.07, 6.45) is -3.33. The number of benzene rings is 2. The number of carboxylic acid groups (broad SMARTS) is 1. The molecule has 2 atom stereocenters. The first-order chi connectivity index (χ1) is 14.3. The fourth-order valence-corrected chi connectivity index (χ4v) is 4.04. The van der Waals surface area contributed by atoms with E-state index in [0.717, 1.165) is 12.1 Å². The summed E-state index contributed by atoms with van der Waals surface area (Å²) in [5, 5.41) is 9.51. The maximum absolute atomic E-state index is 13.4. The van der Waals surface area contributed by atoms with Crippen LogP contribution in [0.15, 0.2) is 42.5 Å². The molecule has 1 aliphatic rings. The van der Waals surface area contributed by atoms with Gasteiger partial charge in [0.25, 0.3) is 0 Å². The van der Waals surface area contributed by atoms with Crippen LogP contribution in [0.2, 0.25) is 0 Å². The Morgan fingerprint density at radius 2 is 1.77 bits per heavy atom. The number of hydrogen-bond acceptors (Lipinski definition) is 4. The Balaban J connectivity index is 2.17. The molecule has 2 unspecified atom stereocenters. The number of methoxy groups -OCH3 is 2. The number of likely N-dealkylation sites (tertiary alicyclic amines) is 1. The van der Waals surface area contributed by atoms with Crippen molar-refractivity contribution in [2.45, 2.75) is 25.1 Å². The highest BCUT2D eigenvalue weighted by Gasteiger charge is 2.36. The highest BCUT2D eigenvalue weighted by Crippen LogP contribution is 2.43. The molecule has 2 aromatic rings. The lowest BCUT2D eigenvalue weighted by atomic mass is 9.90. The number of ether oxygens (including phenoxy) is 2. The highest BCUT2D eigenvalue weighted by molar-refractivity contribution is 5.70. The largest absolute Gasteiger partial charge is 0.496 e. The van der Waals surface area contributed by atoms with Crippen LogP contribution in [-0.4, -0.2) is 43.3 Å². The summed E-state index contributed by atoms with van der Waals surface area (Å²) in [6, 6.07) is 9.65. The van der Waals surface area contributed by atoms with E-state index in [0.29, 0.717) is 42.0 Å². The minimum atomic E-state index is -4.49. The summed E-state index contributed by atoms with van der Waals surface area (Å²) in [4.78, 5) is 13.5. The molecule has 1 aliphatic heterocycles. The number of carboxylic acids is 1. The van der Waals surface area contributed by atoms with Crippen LogP contribution in [-0.2, 0) is 11.0 Å². The molecule has 30 heavy (non-hydrogen) atoms. The lowest BCUT2D eigenvalue weighted by Crippen LogP contribution is -2.41. The predicted octanol–water partition coefficient (Wildman–Crippen LogP) is 4.61. The molecule has 1 saturated heterocycles. The van der Waals surface area contributed by atoms with E-state index < -0.39 is 29.7 Å². The summed E-state index contributed by atoms with van der Waals surface area (Å²) in [5.41, 5.74) is 0.220. The molecule has 2 aromatic carbocycles. The topological polar surface area (TPSA) is 59.0 Å². The minimum absolute atomic E-state index is 0.220. The van der Waals surface area contributed by atoms with Crippen molar-refractivity contribution in [1.29, 1.82) is 0 Å². The van der Waals surface area contributed by atoms with E-state index in [1.54, 1.807) is 24.3 Å². The standard InChI is InChI=1S/C22H24F3NO4/c1-29-17-9-4-10-18(30-2)19(17)20(26-11-5-7-15(13-26)21(27)28)14-6-3-8-16(12-14)22(23,24)25/h3-4,6,8-10,12,15,20H,5,7,11,13H2,1-2H3,(H,27,28). The molecule has 5 nitrogen and oxygen atoms in total. The monoisotopic (exact) mass is 423 g/mol. The molecule has 3 rings (SSSR count). The second-order valence-electron chi connectivity index (χ2n) is 7.27. The van der Waals surface area contributed by atoms with E-state index in [2.05, 4.69) is 0 Å². The van der Waals surface area contributed by atoms with Crippen molar-refractivity contribution in [1.82, 2.24) is 4.90 Å². The number of piperidine rings is 1. The van der Waals surface area contributed by atoms with Gasteiger partial charge in [0.2, 0.25) is 0 Å². The van der Waals surface area contributed by atoms with Gasteiger partial charge < -0.3 is 14.6 Å². The van der Waals surface area contributed by atoms with Gasteiger partial charge in [-0.1, -0.05) is 18.2 Å². The lowest BCUT2D eigenvalue weighted by Gasteiger charge is -2.38. The van der Waals surface area contributed by atoms with Gasteiger partial charge in [0.1, 0.15) is 11.5 Å². The van der Waals surface area contributed by atoms with Crippen molar-refractivity contribution in [2.24, 2.45) is 5.92 Å². The smallest absolute Gasteiger partial charge is 0.416 e. The number of alkyl halides is 3. The molecule has 0 aliphatic carbocycles. The Morgan fingerprint density at radius 3 is 2.33 bits per heavy atom. The quantitative estimate of drug-likeness (QED) is 0.736. The third-order valence-electron chi connectivity index (χ3n) is 5.44. The molecule has 162 valence electrons. The average molecular weight is 423 g/mol. The van der Waals surface area contributed by atoms with Gasteiger partial charge in [-0.3, -0.25) is 9.69 Å². The van der Waals surface area contributed by atoms with E-state index in [4.69, 9.17) is 9.47 Å². The van der Waals surface area contributed by atoms with E-state index >= 15 is 0 Å². The van der Waals surface area contributed by atoms with Gasteiger partial charge in [0, 0.05) is 6.54 Å². The lowest BCUT2D eigenvalue weighted by molar-refractivity contribution is -0.143. The second kappa shape index (κ2) is 8.95. The number of nitrogens with zero attached hydrogens (tertiary/aromatic N) is 1. The van der Waals surface area contributed by atoms with Gasteiger partial charge in [0.15, 0.2) is 0 Å². The molecule has 8 heteroatoms. The molecule has 1 fully saturated rings. The molecule has 0 spiro atoms. The van der Waals surface area contributed by atoms with Crippen molar-refractivity contribution >= 4 is 5.97 Å². The zero-order chi connectivity index (χ0) is 21.9. The second-order valence-corrected chi connectivity index (χ2v) is 7.27. The molecule has 0 amide bonds. The van der Waals surface area contributed by atoms with Gasteiger partial charge in [-0.05, 0) is 49.2 Å². The Bertz CT molecular complexity index is 878. The summed E-state index contributed by atoms with van der Waals surface area (Å²) < 4.78 is 51.2. The molecular weight excluding hydrogens is 399 g/mol. The molecule has 0 radical (unpaired) electrons. The van der Waals surface area contributed by atoms with E-state index in [-0.39, 0.29) is 6.54 Å². The summed E-state index contributed by atoms with van der Waals surface area (Å²) in [6.45, 7) is 0.767. The first kappa shape index (κ1) is 22.0. The summed E-state index contributed by atoms with van der Waals surface area (Å²) in [5.74, 6) is -0.564. The van der Waals surface area contributed by atoms with Gasteiger partial charge >= 0.3 is 12.1 Å². The van der Waals surface area contributed by atoms with Crippen LogP contribution in [0.1, 0.15) is 35.6 Å². The number of hydrogen-bond donors (Lipinski definition) is 1. The summed E-state index contributed by atoms with van der Waals surface area (Å²) in [7, 11) is 2.97. The van der Waals surface area contributed by atoms with E-state index in [1.165, 1.54) is 20.3 Å². The van der Waals surface area contributed by atoms with Crippen molar-refractivity contribution in [2.75, 3.05) is 27.3 Å². The van der Waals surface area contributed by atoms with Crippen molar-refractivity contribution in [3.63, 3.8) is 0 Å². The molecule has 1 heterocycles. The first-order valence-corrected chi connectivity index (χ1v) is 9.61. The maximum atomic E-state index is 13.4. The van der Waals surface area contributed by atoms with E-state index in [1.807, 2.05) is 4.90 Å². The van der Waals surface area contributed by atoms with Crippen molar-refractivity contribution in [3.8, 4) is 11.5 Å². The Hall–Kier alpha value is -2.74. The van der Waals surface area contributed by atoms with Crippen LogP contribution in [0.5, 0.6) is 11.5 Å². The molecular formula is C22H24F3NO4. The average Bonchev–Trinajstić information content (AvgIpc) is 2.74. The van der Waals surface area contributed by atoms with Crippen molar-refractivity contribution in [3.05, 3.63) is 59.2 Å². The molecule has 0 saturated carbocycles. The van der Waals surface area contributed by atoms with Gasteiger partial charge in [-0.15, -0.1) is 0 Å². The van der Waals surface area contributed by atoms with Crippen LogP contribution in [0.25, 0.3) is 0 Å². The number of halogens is 3. The SMILES string of the molecule is COc1cccc(OC)c1C(c1cccc(C(F)(F)F)c1)N1CCCC(C(=O)O)C1. The zero-order valence-electron chi connectivity index (χ0n) is 16.8. The van der Waals surface area contributed by atoms with Gasteiger partial charge in [0.05, 0.1) is 37.3 Å². The van der Waals surface area contributed by atoms with Gasteiger partial charge in [-0.25, -0.2) is 0 Å². The maximum Gasteiger partial charge on any atom is 0.416 e. The van der Waals surface area contributed by atoms with Crippen LogP contribution in [0.4, 0.5) is 13.2 Å². The Kier molecular flexibility index (Phi) is 6.55. The predicted molar refractivity (Wildman–Crippen MR) is 105 cm³/mol. The fraction of sp³-hybridized carbons (Fsp3) is 0.409. The number of aliphatic carboxylic acids is 1. The third-order valence-corrected chi connectivity index (χ3v) is 5.44. The molecule has 0 bridgehead atoms. The third kappa shape index (κ3) is 4.53. The van der Waals surface area contributed by atoms with Crippen LogP contribution >= 0.6 is 0 Å². The molecule has 0 aromatic heterocycles. The number of rotatable bonds is 6. The van der Waals surface area contributed by atoms with Crippen LogP contribution < -0.4 is 9.47 Å². The minimum Gasteiger partial charge on any atom is -0.496 e. The number of carbonyl (C=O) groups is 1. The van der Waals surface area contributed by atoms with Crippen LogP contribution in [0, 0.1) is 5.92 Å². The van der Waals surface area contributed by atoms with Crippen LogP contribution in [0.3, 0.4) is 0 Å². The normalized spacial score (nSPS) is 18.6. The highest BCUT2D eigenvalue weighted by atomic mass is 19.4. The first-order valence-electron chi connectivity index (χ1n) is 9.61. The molecule has 1 N–H and O–H groups in total. The van der Waals surface area contributed by atoms with E-state index in [9.17, 15) is 23.1 Å². The summed E-state index contributed by atoms with van der Waals surface area (Å²) >= 11 is 0. The zero-order valence-corrected chi connectivity index (χ0v) is 16.8.